The highest BCUT2D eigenvalue weighted by Crippen LogP contribution is 2.22. The van der Waals surface area contributed by atoms with E-state index in [-0.39, 0.29) is 11.4 Å². The third kappa shape index (κ3) is 7.03. The van der Waals surface area contributed by atoms with Crippen molar-refractivity contribution in [2.75, 3.05) is 6.54 Å². The predicted molar refractivity (Wildman–Crippen MR) is 132 cm³/mol. The number of aryl methyl sites for hydroxylation is 1. The Balaban J connectivity index is 1.78. The standard InChI is InChI=1S/C23H20Cl3N3O3S/c1-16-2-9-20(10-3-16)33(31,32)29(14-17-4-7-19(24)8-5-17)15-23(30)28-27-13-18-6-11-21(25)22(26)12-18/h2-13H,14-15H2,1H3,(H,28,30). The van der Waals surface area contributed by atoms with E-state index in [4.69, 9.17) is 34.8 Å². The van der Waals surface area contributed by atoms with Crippen LogP contribution in [0.2, 0.25) is 15.1 Å². The van der Waals surface area contributed by atoms with Crippen molar-refractivity contribution in [2.24, 2.45) is 5.10 Å². The summed E-state index contributed by atoms with van der Waals surface area (Å²) >= 11 is 17.8. The van der Waals surface area contributed by atoms with E-state index in [1.54, 1.807) is 54.6 Å². The van der Waals surface area contributed by atoms with E-state index >= 15 is 0 Å². The highest BCUT2D eigenvalue weighted by molar-refractivity contribution is 7.89. The first-order valence-corrected chi connectivity index (χ1v) is 12.3. The van der Waals surface area contributed by atoms with E-state index in [0.29, 0.717) is 26.2 Å². The van der Waals surface area contributed by atoms with Gasteiger partial charge in [-0.2, -0.15) is 9.41 Å². The minimum absolute atomic E-state index is 0.0166. The molecule has 0 saturated heterocycles. The van der Waals surface area contributed by atoms with Crippen LogP contribution in [0.4, 0.5) is 0 Å². The normalized spacial score (nSPS) is 11.8. The van der Waals surface area contributed by atoms with Gasteiger partial charge in [0.2, 0.25) is 10.0 Å². The first-order chi connectivity index (χ1) is 15.6. The van der Waals surface area contributed by atoms with Crippen LogP contribution in [0.1, 0.15) is 16.7 Å². The molecular weight excluding hydrogens is 505 g/mol. The minimum Gasteiger partial charge on any atom is -0.272 e. The summed E-state index contributed by atoms with van der Waals surface area (Å²) in [6.07, 6.45) is 1.39. The number of carbonyl (C=O) groups is 1. The number of sulfonamides is 1. The van der Waals surface area contributed by atoms with Gasteiger partial charge in [0.25, 0.3) is 5.91 Å². The molecule has 3 aromatic rings. The molecule has 3 aromatic carbocycles. The lowest BCUT2D eigenvalue weighted by atomic mass is 10.2. The van der Waals surface area contributed by atoms with E-state index in [2.05, 4.69) is 10.5 Å². The van der Waals surface area contributed by atoms with Crippen LogP contribution in [-0.4, -0.2) is 31.4 Å². The lowest BCUT2D eigenvalue weighted by molar-refractivity contribution is -0.121. The number of nitrogens with one attached hydrogen (secondary N) is 1. The SMILES string of the molecule is Cc1ccc(S(=O)(=O)N(CC(=O)NN=Cc2ccc(Cl)c(Cl)c2)Cc2ccc(Cl)cc2)cc1. The maximum Gasteiger partial charge on any atom is 0.255 e. The second-order valence-corrected chi connectivity index (χ2v) is 10.4. The van der Waals surface area contributed by atoms with Gasteiger partial charge >= 0.3 is 0 Å². The van der Waals surface area contributed by atoms with Crippen molar-refractivity contribution in [2.45, 2.75) is 18.4 Å². The zero-order valence-corrected chi connectivity index (χ0v) is 20.6. The van der Waals surface area contributed by atoms with E-state index in [9.17, 15) is 13.2 Å². The van der Waals surface area contributed by atoms with E-state index < -0.39 is 22.5 Å². The highest BCUT2D eigenvalue weighted by Gasteiger charge is 2.27. The van der Waals surface area contributed by atoms with Gasteiger partial charge in [0, 0.05) is 11.6 Å². The number of halogens is 3. The summed E-state index contributed by atoms with van der Waals surface area (Å²) in [5, 5.41) is 5.17. The Bertz CT molecular complexity index is 1260. The van der Waals surface area contributed by atoms with Gasteiger partial charge < -0.3 is 0 Å². The quantitative estimate of drug-likeness (QED) is 0.321. The van der Waals surface area contributed by atoms with Crippen molar-refractivity contribution in [3.05, 3.63) is 98.5 Å². The van der Waals surface area contributed by atoms with Crippen molar-refractivity contribution in [3.63, 3.8) is 0 Å². The van der Waals surface area contributed by atoms with Crippen LogP contribution in [0.15, 0.2) is 76.7 Å². The smallest absolute Gasteiger partial charge is 0.255 e. The van der Waals surface area contributed by atoms with Crippen LogP contribution in [-0.2, 0) is 21.4 Å². The largest absolute Gasteiger partial charge is 0.272 e. The van der Waals surface area contributed by atoms with E-state index in [1.807, 2.05) is 6.92 Å². The number of rotatable bonds is 8. The van der Waals surface area contributed by atoms with Crippen molar-refractivity contribution < 1.29 is 13.2 Å². The fourth-order valence-electron chi connectivity index (χ4n) is 2.85. The Hall–Kier alpha value is -2.42. The zero-order chi connectivity index (χ0) is 24.0. The van der Waals surface area contributed by atoms with Crippen LogP contribution in [0.5, 0.6) is 0 Å². The second-order valence-electron chi connectivity index (χ2n) is 7.18. The van der Waals surface area contributed by atoms with Crippen LogP contribution in [0.25, 0.3) is 0 Å². The molecule has 10 heteroatoms. The van der Waals surface area contributed by atoms with E-state index in [1.165, 1.54) is 18.3 Å². The van der Waals surface area contributed by atoms with Crippen LogP contribution < -0.4 is 5.43 Å². The Morgan fingerprint density at radius 1 is 0.970 bits per heavy atom. The molecular formula is C23H20Cl3N3O3S. The molecule has 33 heavy (non-hydrogen) atoms. The average Bonchev–Trinajstić information content (AvgIpc) is 2.77. The monoisotopic (exact) mass is 523 g/mol. The third-order valence-electron chi connectivity index (χ3n) is 4.60. The minimum atomic E-state index is -3.95. The summed E-state index contributed by atoms with van der Waals surface area (Å²) in [6, 6.07) is 18.1. The van der Waals surface area contributed by atoms with Gasteiger partial charge in [-0.3, -0.25) is 4.79 Å². The van der Waals surface area contributed by atoms with Gasteiger partial charge in [0.05, 0.1) is 27.7 Å². The van der Waals surface area contributed by atoms with Crippen LogP contribution >= 0.6 is 34.8 Å². The molecule has 0 fully saturated rings. The Morgan fingerprint density at radius 3 is 2.27 bits per heavy atom. The van der Waals surface area contributed by atoms with Crippen molar-refractivity contribution in [1.82, 2.24) is 9.73 Å². The number of benzene rings is 3. The number of carbonyl (C=O) groups excluding carboxylic acids is 1. The summed E-state index contributed by atoms with van der Waals surface area (Å²) in [5.41, 5.74) is 4.58. The van der Waals surface area contributed by atoms with Gasteiger partial charge in [-0.15, -0.1) is 0 Å². The molecule has 0 atom stereocenters. The van der Waals surface area contributed by atoms with Gasteiger partial charge in [-0.25, -0.2) is 13.8 Å². The molecule has 1 N–H and O–H groups in total. The fraction of sp³-hybridized carbons (Fsp3) is 0.130. The molecule has 0 aromatic heterocycles. The fourth-order valence-corrected chi connectivity index (χ4v) is 4.66. The first-order valence-electron chi connectivity index (χ1n) is 9.73. The molecule has 0 aliphatic heterocycles. The molecule has 0 radical (unpaired) electrons. The summed E-state index contributed by atoms with van der Waals surface area (Å²) in [6.45, 7) is 1.41. The second kappa shape index (κ2) is 11.1. The van der Waals surface area contributed by atoms with Crippen molar-refractivity contribution in [3.8, 4) is 0 Å². The molecule has 0 saturated carbocycles. The number of hydrogen-bond acceptors (Lipinski definition) is 4. The molecule has 0 spiro atoms. The van der Waals surface area contributed by atoms with Crippen molar-refractivity contribution in [1.29, 1.82) is 0 Å². The summed E-state index contributed by atoms with van der Waals surface area (Å²) < 4.78 is 27.6. The summed E-state index contributed by atoms with van der Waals surface area (Å²) in [7, 11) is -3.95. The zero-order valence-electron chi connectivity index (χ0n) is 17.5. The highest BCUT2D eigenvalue weighted by atomic mass is 35.5. The predicted octanol–water partition coefficient (Wildman–Crippen LogP) is 5.30. The lowest BCUT2D eigenvalue weighted by Gasteiger charge is -2.21. The summed E-state index contributed by atoms with van der Waals surface area (Å²) in [5.74, 6) is -0.601. The van der Waals surface area contributed by atoms with Crippen molar-refractivity contribution >= 4 is 56.9 Å². The maximum absolute atomic E-state index is 13.3. The van der Waals surface area contributed by atoms with Gasteiger partial charge in [-0.1, -0.05) is 70.7 Å². The first kappa shape index (κ1) is 25.2. The maximum atomic E-state index is 13.3. The number of nitrogens with zero attached hydrogens (tertiary/aromatic N) is 2. The molecule has 0 bridgehead atoms. The molecule has 3 rings (SSSR count). The molecule has 1 amide bonds. The third-order valence-corrected chi connectivity index (χ3v) is 7.39. The lowest BCUT2D eigenvalue weighted by Crippen LogP contribution is -2.39. The topological polar surface area (TPSA) is 78.8 Å². The molecule has 0 unspecified atom stereocenters. The van der Waals surface area contributed by atoms with E-state index in [0.717, 1.165) is 9.87 Å². The Labute approximate surface area is 207 Å². The molecule has 0 aliphatic carbocycles. The molecule has 0 aliphatic rings. The average molecular weight is 525 g/mol. The summed E-state index contributed by atoms with van der Waals surface area (Å²) in [4.78, 5) is 12.6. The van der Waals surface area contributed by atoms with Crippen LogP contribution in [0, 0.1) is 6.92 Å². The molecule has 0 heterocycles. The molecule has 6 nitrogen and oxygen atoms in total. The molecule has 172 valence electrons. The number of amides is 1. The van der Waals surface area contributed by atoms with Crippen LogP contribution in [0.3, 0.4) is 0 Å². The number of hydrogen-bond donors (Lipinski definition) is 1. The van der Waals surface area contributed by atoms with Gasteiger partial charge in [0.15, 0.2) is 0 Å². The van der Waals surface area contributed by atoms with Gasteiger partial charge in [-0.05, 0) is 54.4 Å². The Kier molecular flexibility index (Phi) is 8.51. The number of hydrazone groups is 1. The Morgan fingerprint density at radius 2 is 1.64 bits per heavy atom. The van der Waals surface area contributed by atoms with Gasteiger partial charge in [0.1, 0.15) is 0 Å².